The molecular formula is C12H13F2N3O4. The Labute approximate surface area is 118 Å². The van der Waals surface area contributed by atoms with Crippen molar-refractivity contribution >= 4 is 11.6 Å². The Morgan fingerprint density at radius 1 is 1.52 bits per heavy atom. The first-order valence-corrected chi connectivity index (χ1v) is 6.18. The van der Waals surface area contributed by atoms with Crippen molar-refractivity contribution in [2.45, 2.75) is 6.10 Å². The second kappa shape index (κ2) is 6.10. The maximum absolute atomic E-state index is 14.0. The first-order chi connectivity index (χ1) is 9.93. The Morgan fingerprint density at radius 2 is 2.24 bits per heavy atom. The summed E-state index contributed by atoms with van der Waals surface area (Å²) in [6, 6.07) is 1.09. The van der Waals surface area contributed by atoms with E-state index in [0.29, 0.717) is 12.1 Å². The predicted octanol–water partition coefficient (Wildman–Crippen LogP) is 0.673. The third-order valence-electron chi connectivity index (χ3n) is 3.13. The van der Waals surface area contributed by atoms with Crippen LogP contribution in [-0.4, -0.2) is 48.1 Å². The molecular weight excluding hydrogens is 288 g/mol. The standard InChI is InChI=1S/C12H13F2N3O4/c13-7-3-9(11(14)10(4-7)17(19)20)12(18)16-1-2-21-8(5-15)6-16/h3-4,8H,1-2,5-6,15H2. The summed E-state index contributed by atoms with van der Waals surface area (Å²) >= 11 is 0. The topological polar surface area (TPSA) is 98.7 Å². The Kier molecular flexibility index (Phi) is 4.43. The highest BCUT2D eigenvalue weighted by Crippen LogP contribution is 2.24. The number of halogens is 2. The summed E-state index contributed by atoms with van der Waals surface area (Å²) in [7, 11) is 0. The van der Waals surface area contributed by atoms with Crippen LogP contribution in [-0.2, 0) is 4.74 Å². The molecule has 2 rings (SSSR count). The highest BCUT2D eigenvalue weighted by molar-refractivity contribution is 5.95. The number of nitro groups is 1. The smallest absolute Gasteiger partial charge is 0.308 e. The van der Waals surface area contributed by atoms with Crippen LogP contribution in [0.4, 0.5) is 14.5 Å². The first kappa shape index (κ1) is 15.3. The van der Waals surface area contributed by atoms with Gasteiger partial charge < -0.3 is 15.4 Å². The lowest BCUT2D eigenvalue weighted by Gasteiger charge is -2.32. The SMILES string of the molecule is NCC1CN(C(=O)c2cc(F)cc([N+](=O)[O-])c2F)CCO1. The molecule has 1 atom stereocenters. The maximum Gasteiger partial charge on any atom is 0.308 e. The van der Waals surface area contributed by atoms with Crippen molar-refractivity contribution in [3.8, 4) is 0 Å². The zero-order valence-electron chi connectivity index (χ0n) is 10.9. The van der Waals surface area contributed by atoms with E-state index in [4.69, 9.17) is 10.5 Å². The van der Waals surface area contributed by atoms with E-state index >= 15 is 0 Å². The number of carbonyl (C=O) groups excluding carboxylic acids is 1. The summed E-state index contributed by atoms with van der Waals surface area (Å²) in [5.74, 6) is -3.21. The third kappa shape index (κ3) is 3.14. The van der Waals surface area contributed by atoms with E-state index in [0.717, 1.165) is 0 Å². The van der Waals surface area contributed by atoms with Crippen molar-refractivity contribution in [1.29, 1.82) is 0 Å². The van der Waals surface area contributed by atoms with Crippen LogP contribution in [0.15, 0.2) is 12.1 Å². The van der Waals surface area contributed by atoms with Gasteiger partial charge in [-0.05, 0) is 6.07 Å². The summed E-state index contributed by atoms with van der Waals surface area (Å²) in [5.41, 5.74) is 3.70. The molecule has 1 amide bonds. The van der Waals surface area contributed by atoms with E-state index in [1.807, 2.05) is 0 Å². The number of ether oxygens (including phenoxy) is 1. The van der Waals surface area contributed by atoms with Crippen molar-refractivity contribution < 1.29 is 23.2 Å². The molecule has 7 nitrogen and oxygen atoms in total. The molecule has 21 heavy (non-hydrogen) atoms. The maximum atomic E-state index is 14.0. The molecule has 0 spiro atoms. The van der Waals surface area contributed by atoms with Gasteiger partial charge >= 0.3 is 5.69 Å². The molecule has 0 radical (unpaired) electrons. The average molecular weight is 301 g/mol. The predicted molar refractivity (Wildman–Crippen MR) is 67.7 cm³/mol. The molecule has 114 valence electrons. The van der Waals surface area contributed by atoms with E-state index in [1.165, 1.54) is 4.90 Å². The average Bonchev–Trinajstić information content (AvgIpc) is 2.48. The van der Waals surface area contributed by atoms with Gasteiger partial charge in [0.05, 0.1) is 29.3 Å². The van der Waals surface area contributed by atoms with Crippen LogP contribution in [0.2, 0.25) is 0 Å². The Morgan fingerprint density at radius 3 is 2.86 bits per heavy atom. The molecule has 1 aromatic carbocycles. The first-order valence-electron chi connectivity index (χ1n) is 6.18. The molecule has 1 fully saturated rings. The van der Waals surface area contributed by atoms with E-state index in [9.17, 15) is 23.7 Å². The Hall–Kier alpha value is -2.13. The molecule has 1 aliphatic rings. The highest BCUT2D eigenvalue weighted by Gasteiger charge is 2.30. The van der Waals surface area contributed by atoms with Gasteiger partial charge in [0.2, 0.25) is 5.82 Å². The minimum atomic E-state index is -1.35. The number of nitrogens with zero attached hydrogens (tertiary/aromatic N) is 2. The summed E-state index contributed by atoms with van der Waals surface area (Å²) in [6.07, 6.45) is -0.394. The van der Waals surface area contributed by atoms with Gasteiger partial charge in [-0.3, -0.25) is 14.9 Å². The molecule has 1 aromatic rings. The Balaban J connectivity index is 2.33. The van der Waals surface area contributed by atoms with Crippen LogP contribution >= 0.6 is 0 Å². The fourth-order valence-corrected chi connectivity index (χ4v) is 2.08. The van der Waals surface area contributed by atoms with Crippen LogP contribution in [0.3, 0.4) is 0 Å². The van der Waals surface area contributed by atoms with Crippen LogP contribution in [0.25, 0.3) is 0 Å². The third-order valence-corrected chi connectivity index (χ3v) is 3.13. The van der Waals surface area contributed by atoms with Crippen LogP contribution in [0, 0.1) is 21.7 Å². The van der Waals surface area contributed by atoms with E-state index in [-0.39, 0.29) is 26.2 Å². The molecule has 1 saturated heterocycles. The fraction of sp³-hybridized carbons (Fsp3) is 0.417. The zero-order chi connectivity index (χ0) is 15.6. The lowest BCUT2D eigenvalue weighted by Crippen LogP contribution is -2.48. The van der Waals surface area contributed by atoms with Gasteiger partial charge in [0.1, 0.15) is 5.82 Å². The number of nitro benzene ring substituents is 1. The van der Waals surface area contributed by atoms with Crippen molar-refractivity contribution in [3.05, 3.63) is 39.4 Å². The molecule has 0 aromatic heterocycles. The van der Waals surface area contributed by atoms with Gasteiger partial charge in [-0.15, -0.1) is 0 Å². The molecule has 0 bridgehead atoms. The van der Waals surface area contributed by atoms with Crippen molar-refractivity contribution in [2.24, 2.45) is 5.73 Å². The van der Waals surface area contributed by atoms with Crippen molar-refractivity contribution in [1.82, 2.24) is 4.90 Å². The van der Waals surface area contributed by atoms with Gasteiger partial charge in [0.15, 0.2) is 0 Å². The molecule has 1 heterocycles. The number of hydrogen-bond acceptors (Lipinski definition) is 5. The zero-order valence-corrected chi connectivity index (χ0v) is 10.9. The fourth-order valence-electron chi connectivity index (χ4n) is 2.08. The molecule has 9 heteroatoms. The molecule has 2 N–H and O–H groups in total. The monoisotopic (exact) mass is 301 g/mol. The summed E-state index contributed by atoms with van der Waals surface area (Å²) in [6.45, 7) is 0.695. The quantitative estimate of drug-likeness (QED) is 0.653. The van der Waals surface area contributed by atoms with Crippen LogP contribution < -0.4 is 5.73 Å². The molecule has 1 aliphatic heterocycles. The number of rotatable bonds is 3. The summed E-state index contributed by atoms with van der Waals surface area (Å²) in [4.78, 5) is 23.0. The molecule has 0 aliphatic carbocycles. The second-order valence-electron chi connectivity index (χ2n) is 4.52. The van der Waals surface area contributed by atoms with E-state index < -0.39 is 39.8 Å². The van der Waals surface area contributed by atoms with Gasteiger partial charge in [-0.2, -0.15) is 4.39 Å². The lowest BCUT2D eigenvalue weighted by atomic mass is 10.1. The van der Waals surface area contributed by atoms with Crippen LogP contribution in [0.5, 0.6) is 0 Å². The normalized spacial score (nSPS) is 18.6. The van der Waals surface area contributed by atoms with Crippen LogP contribution in [0.1, 0.15) is 10.4 Å². The summed E-state index contributed by atoms with van der Waals surface area (Å²) in [5, 5.41) is 10.7. The molecule has 0 saturated carbocycles. The number of morpholine rings is 1. The second-order valence-corrected chi connectivity index (χ2v) is 4.52. The Bertz CT molecular complexity index is 582. The number of amides is 1. The largest absolute Gasteiger partial charge is 0.373 e. The number of carbonyl (C=O) groups is 1. The lowest BCUT2D eigenvalue weighted by molar-refractivity contribution is -0.387. The van der Waals surface area contributed by atoms with Gasteiger partial charge in [-0.1, -0.05) is 0 Å². The van der Waals surface area contributed by atoms with E-state index in [1.54, 1.807) is 0 Å². The van der Waals surface area contributed by atoms with E-state index in [2.05, 4.69) is 0 Å². The van der Waals surface area contributed by atoms with Gasteiger partial charge in [0.25, 0.3) is 5.91 Å². The van der Waals surface area contributed by atoms with Crippen molar-refractivity contribution in [3.63, 3.8) is 0 Å². The van der Waals surface area contributed by atoms with Gasteiger partial charge in [-0.25, -0.2) is 4.39 Å². The number of hydrogen-bond donors (Lipinski definition) is 1. The highest BCUT2D eigenvalue weighted by atomic mass is 19.1. The van der Waals surface area contributed by atoms with Crippen molar-refractivity contribution in [2.75, 3.05) is 26.2 Å². The number of benzene rings is 1. The minimum Gasteiger partial charge on any atom is -0.373 e. The minimum absolute atomic E-state index is 0.124. The molecule has 1 unspecified atom stereocenters. The number of nitrogens with two attached hydrogens (primary N) is 1. The van der Waals surface area contributed by atoms with Gasteiger partial charge in [0, 0.05) is 19.6 Å². The summed E-state index contributed by atoms with van der Waals surface area (Å²) < 4.78 is 32.6.